The molecule has 0 saturated carbocycles. The van der Waals surface area contributed by atoms with Crippen LogP contribution in [0.4, 0.5) is 5.69 Å². The number of benzene rings is 2. The lowest BCUT2D eigenvalue weighted by atomic mass is 10.1. The average molecular weight is 406 g/mol. The lowest BCUT2D eigenvalue weighted by Crippen LogP contribution is -2.45. The van der Waals surface area contributed by atoms with Crippen LogP contribution < -0.4 is 4.72 Å². The number of sulfonamides is 1. The Morgan fingerprint density at radius 3 is 2.18 bits per heavy atom. The Hall–Kier alpha value is -2.78. The molecular formula is C19H22N2O6S. The van der Waals surface area contributed by atoms with E-state index in [2.05, 4.69) is 4.72 Å². The number of nitro benzene ring substituents is 1. The van der Waals surface area contributed by atoms with Crippen LogP contribution in [-0.4, -0.2) is 31.0 Å². The van der Waals surface area contributed by atoms with E-state index >= 15 is 0 Å². The number of nitrogens with one attached hydrogen (secondary N) is 1. The van der Waals surface area contributed by atoms with Crippen molar-refractivity contribution in [2.45, 2.75) is 43.7 Å². The number of non-ortho nitro benzene ring substituents is 1. The third kappa shape index (κ3) is 6.14. The highest BCUT2D eigenvalue weighted by atomic mass is 32.2. The van der Waals surface area contributed by atoms with E-state index in [1.165, 1.54) is 0 Å². The fourth-order valence-corrected chi connectivity index (χ4v) is 3.58. The Balaban J connectivity index is 2.28. The van der Waals surface area contributed by atoms with Gasteiger partial charge in [-0.05, 0) is 44.9 Å². The predicted octanol–water partition coefficient (Wildman–Crippen LogP) is 2.83. The molecule has 0 saturated heterocycles. The summed E-state index contributed by atoms with van der Waals surface area (Å²) in [5.41, 5.74) is -0.262. The molecule has 1 atom stereocenters. The second-order valence-corrected chi connectivity index (χ2v) is 8.86. The van der Waals surface area contributed by atoms with E-state index in [4.69, 9.17) is 4.74 Å². The summed E-state index contributed by atoms with van der Waals surface area (Å²) in [7, 11) is -4.10. The monoisotopic (exact) mass is 406 g/mol. The van der Waals surface area contributed by atoms with Gasteiger partial charge in [0.15, 0.2) is 0 Å². The third-order valence-corrected chi connectivity index (χ3v) is 5.12. The SMILES string of the molecule is CC(C)(C)OC(=O)[C@H](Cc1ccccc1)NS(=O)(=O)c1ccc([N+](=O)[O-])cc1. The summed E-state index contributed by atoms with van der Waals surface area (Å²) in [6.07, 6.45) is 0.0992. The van der Waals surface area contributed by atoms with Gasteiger partial charge in [-0.25, -0.2) is 8.42 Å². The van der Waals surface area contributed by atoms with E-state index in [9.17, 15) is 23.3 Å². The van der Waals surface area contributed by atoms with Crippen molar-refractivity contribution in [3.05, 3.63) is 70.3 Å². The van der Waals surface area contributed by atoms with Crippen molar-refractivity contribution in [3.8, 4) is 0 Å². The highest BCUT2D eigenvalue weighted by molar-refractivity contribution is 7.89. The zero-order valence-corrected chi connectivity index (χ0v) is 16.6. The number of carbonyl (C=O) groups excluding carboxylic acids is 1. The molecule has 0 aliphatic carbocycles. The van der Waals surface area contributed by atoms with Crippen molar-refractivity contribution in [1.82, 2.24) is 4.72 Å². The minimum absolute atomic E-state index is 0.0992. The van der Waals surface area contributed by atoms with Crippen molar-refractivity contribution in [2.24, 2.45) is 0 Å². The maximum absolute atomic E-state index is 12.7. The molecule has 0 aliphatic rings. The quantitative estimate of drug-likeness (QED) is 0.429. The van der Waals surface area contributed by atoms with Gasteiger partial charge >= 0.3 is 5.97 Å². The number of nitro groups is 1. The number of hydrogen-bond donors (Lipinski definition) is 1. The molecule has 2 aromatic carbocycles. The molecule has 0 radical (unpaired) electrons. The third-order valence-electron chi connectivity index (χ3n) is 3.63. The largest absolute Gasteiger partial charge is 0.459 e. The molecular weight excluding hydrogens is 384 g/mol. The molecule has 0 bridgehead atoms. The molecule has 9 heteroatoms. The van der Waals surface area contributed by atoms with Gasteiger partial charge in [-0.3, -0.25) is 14.9 Å². The first-order valence-corrected chi connectivity index (χ1v) is 10.00. The van der Waals surface area contributed by atoms with E-state index in [-0.39, 0.29) is 17.0 Å². The summed E-state index contributed by atoms with van der Waals surface area (Å²) >= 11 is 0. The molecule has 0 fully saturated rings. The minimum Gasteiger partial charge on any atom is -0.459 e. The van der Waals surface area contributed by atoms with Crippen molar-refractivity contribution < 1.29 is 22.9 Å². The van der Waals surface area contributed by atoms with Gasteiger partial charge in [-0.1, -0.05) is 30.3 Å². The highest BCUT2D eigenvalue weighted by Gasteiger charge is 2.30. The van der Waals surface area contributed by atoms with Crippen molar-refractivity contribution in [2.75, 3.05) is 0 Å². The summed E-state index contributed by atoms with van der Waals surface area (Å²) in [6.45, 7) is 5.07. The van der Waals surface area contributed by atoms with Crippen LogP contribution >= 0.6 is 0 Å². The van der Waals surface area contributed by atoms with Crippen molar-refractivity contribution in [3.63, 3.8) is 0 Å². The fraction of sp³-hybridized carbons (Fsp3) is 0.316. The van der Waals surface area contributed by atoms with Crippen LogP contribution in [-0.2, 0) is 26.0 Å². The molecule has 0 spiro atoms. The highest BCUT2D eigenvalue weighted by Crippen LogP contribution is 2.18. The van der Waals surface area contributed by atoms with E-state index in [1.54, 1.807) is 45.0 Å². The van der Waals surface area contributed by atoms with Crippen LogP contribution in [0, 0.1) is 10.1 Å². The fourth-order valence-electron chi connectivity index (χ4n) is 2.40. The molecule has 0 aromatic heterocycles. The van der Waals surface area contributed by atoms with Crippen LogP contribution in [0.5, 0.6) is 0 Å². The average Bonchev–Trinajstić information content (AvgIpc) is 2.60. The first kappa shape index (κ1) is 21.5. The molecule has 28 heavy (non-hydrogen) atoms. The van der Waals surface area contributed by atoms with Crippen molar-refractivity contribution >= 4 is 21.7 Å². The standard InChI is InChI=1S/C19H22N2O6S/c1-19(2,3)27-18(22)17(13-14-7-5-4-6-8-14)20-28(25,26)16-11-9-15(10-12-16)21(23)24/h4-12,17,20H,13H2,1-3H3/t17-/m0/s1. The number of hydrogen-bond acceptors (Lipinski definition) is 6. The van der Waals surface area contributed by atoms with E-state index in [1.807, 2.05) is 6.07 Å². The molecule has 2 aromatic rings. The second-order valence-electron chi connectivity index (χ2n) is 7.15. The number of nitrogens with zero attached hydrogens (tertiary/aromatic N) is 1. The Labute approximate surface area is 163 Å². The van der Waals surface area contributed by atoms with Gasteiger partial charge in [0.25, 0.3) is 5.69 Å². The first-order chi connectivity index (χ1) is 13.0. The topological polar surface area (TPSA) is 116 Å². The van der Waals surface area contributed by atoms with E-state index in [0.717, 1.165) is 29.8 Å². The normalized spacial score (nSPS) is 13.0. The van der Waals surface area contributed by atoms with Crippen LogP contribution in [0.2, 0.25) is 0 Å². The Morgan fingerprint density at radius 1 is 1.11 bits per heavy atom. The number of rotatable bonds is 7. The van der Waals surface area contributed by atoms with E-state index in [0.29, 0.717) is 0 Å². The zero-order valence-electron chi connectivity index (χ0n) is 15.8. The summed E-state index contributed by atoms with van der Waals surface area (Å²) in [6, 6.07) is 12.2. The maximum Gasteiger partial charge on any atom is 0.325 e. The van der Waals surface area contributed by atoms with Gasteiger partial charge < -0.3 is 4.74 Å². The molecule has 0 amide bonds. The van der Waals surface area contributed by atoms with Gasteiger partial charge in [-0.2, -0.15) is 4.72 Å². The summed E-state index contributed by atoms with van der Waals surface area (Å²) in [5.74, 6) is -0.707. The maximum atomic E-state index is 12.7. The van der Waals surface area contributed by atoms with Gasteiger partial charge in [0.2, 0.25) is 10.0 Å². The number of carbonyl (C=O) groups is 1. The Kier molecular flexibility index (Phi) is 6.52. The second kappa shape index (κ2) is 8.49. The number of ether oxygens (including phenoxy) is 1. The lowest BCUT2D eigenvalue weighted by molar-refractivity contribution is -0.384. The molecule has 0 aliphatic heterocycles. The van der Waals surface area contributed by atoms with Gasteiger partial charge in [0, 0.05) is 12.1 Å². The van der Waals surface area contributed by atoms with Gasteiger partial charge in [0.05, 0.1) is 9.82 Å². The van der Waals surface area contributed by atoms with Gasteiger partial charge in [0.1, 0.15) is 11.6 Å². The molecule has 1 N–H and O–H groups in total. The lowest BCUT2D eigenvalue weighted by Gasteiger charge is -2.24. The minimum atomic E-state index is -4.10. The first-order valence-electron chi connectivity index (χ1n) is 8.51. The Morgan fingerprint density at radius 2 is 1.68 bits per heavy atom. The van der Waals surface area contributed by atoms with Crippen LogP contribution in [0.15, 0.2) is 59.5 Å². The van der Waals surface area contributed by atoms with Crippen molar-refractivity contribution in [1.29, 1.82) is 0 Å². The summed E-state index contributed by atoms with van der Waals surface area (Å²) in [5, 5.41) is 10.7. The molecule has 0 unspecified atom stereocenters. The van der Waals surface area contributed by atoms with E-state index < -0.39 is 32.6 Å². The smallest absolute Gasteiger partial charge is 0.325 e. The molecule has 8 nitrogen and oxygen atoms in total. The van der Waals surface area contributed by atoms with Crippen LogP contribution in [0.1, 0.15) is 26.3 Å². The molecule has 0 heterocycles. The van der Waals surface area contributed by atoms with Gasteiger partial charge in [-0.15, -0.1) is 0 Å². The number of esters is 1. The summed E-state index contributed by atoms with van der Waals surface area (Å²) < 4.78 is 33.1. The van der Waals surface area contributed by atoms with Crippen LogP contribution in [0.25, 0.3) is 0 Å². The predicted molar refractivity (Wildman–Crippen MR) is 103 cm³/mol. The Bertz CT molecular complexity index is 935. The molecule has 2 rings (SSSR count). The zero-order chi connectivity index (χ0) is 20.9. The molecule has 150 valence electrons. The summed E-state index contributed by atoms with van der Waals surface area (Å²) in [4.78, 5) is 22.5. The van der Waals surface area contributed by atoms with Crippen LogP contribution in [0.3, 0.4) is 0 Å².